The van der Waals surface area contributed by atoms with Crippen molar-refractivity contribution in [1.29, 1.82) is 0 Å². The van der Waals surface area contributed by atoms with E-state index in [1.807, 2.05) is 0 Å². The fourth-order valence-electron chi connectivity index (χ4n) is 0.926. The van der Waals surface area contributed by atoms with Crippen molar-refractivity contribution in [3.63, 3.8) is 0 Å². The molecule has 0 aromatic carbocycles. The number of hydrogen-bond donors (Lipinski definition) is 1. The van der Waals surface area contributed by atoms with Gasteiger partial charge >= 0.3 is 11.6 Å². The van der Waals surface area contributed by atoms with Crippen LogP contribution < -0.4 is 4.73 Å². The molecule has 0 bridgehead atoms. The summed E-state index contributed by atoms with van der Waals surface area (Å²) in [6, 6.07) is 3.80. The van der Waals surface area contributed by atoms with Crippen LogP contribution in [-0.2, 0) is 5.92 Å². The quantitative estimate of drug-likeness (QED) is 0.260. The zero-order valence-electron chi connectivity index (χ0n) is 7.01. The van der Waals surface area contributed by atoms with Gasteiger partial charge in [0.25, 0.3) is 0 Å². The van der Waals surface area contributed by atoms with Crippen molar-refractivity contribution in [2.45, 2.75) is 5.92 Å². The fraction of sp³-hybridized carbons (Fsp3) is 0.286. The lowest BCUT2D eigenvalue weighted by molar-refractivity contribution is -0.913. The molecule has 7 heteroatoms. The number of halogens is 2. The average molecular weight is 201 g/mol. The summed E-state index contributed by atoms with van der Waals surface area (Å²) in [6.07, 6.45) is 1.07. The Labute approximate surface area is 77.8 Å². The van der Waals surface area contributed by atoms with Crippen LogP contribution in [0.3, 0.4) is 0 Å². The van der Waals surface area contributed by atoms with Gasteiger partial charge in [0.05, 0.1) is 0 Å². The van der Waals surface area contributed by atoms with Crippen molar-refractivity contribution in [3.8, 4) is 0 Å². The second-order valence-electron chi connectivity index (χ2n) is 2.52. The van der Waals surface area contributed by atoms with E-state index in [1.54, 1.807) is 0 Å². The highest BCUT2D eigenvalue weighted by Crippen LogP contribution is 2.24. The standard InChI is InChI=1S/C7H7F2N4O/c8-7(9,5-11-12-10)6-3-1-2-4-13(6)14/h1-4,14H,5H2/q+1. The Morgan fingerprint density at radius 1 is 1.57 bits per heavy atom. The van der Waals surface area contributed by atoms with Gasteiger partial charge in [-0.2, -0.15) is 8.78 Å². The maximum Gasteiger partial charge on any atom is 0.340 e. The predicted octanol–water partition coefficient (Wildman–Crippen LogP) is 1.61. The molecule has 0 saturated heterocycles. The molecule has 0 atom stereocenters. The third-order valence-corrected chi connectivity index (χ3v) is 1.55. The second-order valence-corrected chi connectivity index (χ2v) is 2.52. The first-order valence-corrected chi connectivity index (χ1v) is 3.67. The minimum atomic E-state index is -3.37. The maximum absolute atomic E-state index is 13.2. The van der Waals surface area contributed by atoms with E-state index in [-0.39, 0.29) is 0 Å². The van der Waals surface area contributed by atoms with E-state index in [0.29, 0.717) is 4.73 Å². The summed E-state index contributed by atoms with van der Waals surface area (Å²) in [5.41, 5.74) is 7.28. The van der Waals surface area contributed by atoms with Gasteiger partial charge in [-0.25, -0.2) is 0 Å². The summed E-state index contributed by atoms with van der Waals surface area (Å²) in [7, 11) is 0. The lowest BCUT2D eigenvalue weighted by Gasteiger charge is -2.07. The molecule has 0 aliphatic carbocycles. The Morgan fingerprint density at radius 2 is 2.29 bits per heavy atom. The zero-order valence-corrected chi connectivity index (χ0v) is 7.01. The van der Waals surface area contributed by atoms with Crippen molar-refractivity contribution in [2.24, 2.45) is 5.11 Å². The molecule has 0 saturated carbocycles. The predicted molar refractivity (Wildman–Crippen MR) is 41.7 cm³/mol. The zero-order chi connectivity index (χ0) is 10.6. The molecule has 1 rings (SSSR count). The van der Waals surface area contributed by atoms with Crippen LogP contribution in [0, 0.1) is 0 Å². The van der Waals surface area contributed by atoms with Gasteiger partial charge in [0, 0.05) is 21.8 Å². The summed E-state index contributed by atoms with van der Waals surface area (Å²) < 4.78 is 26.6. The highest BCUT2D eigenvalue weighted by atomic mass is 19.3. The smallest absolute Gasteiger partial charge is 0.285 e. The van der Waals surface area contributed by atoms with E-state index in [0.717, 1.165) is 12.3 Å². The molecule has 0 fully saturated rings. The molecule has 1 aromatic heterocycles. The third-order valence-electron chi connectivity index (χ3n) is 1.55. The number of pyridine rings is 1. The topological polar surface area (TPSA) is 72.9 Å². The summed E-state index contributed by atoms with van der Waals surface area (Å²) in [6.45, 7) is -1.02. The lowest BCUT2D eigenvalue weighted by atomic mass is 10.2. The van der Waals surface area contributed by atoms with Gasteiger partial charge in [0.1, 0.15) is 6.54 Å². The molecule has 1 N–H and O–H groups in total. The minimum Gasteiger partial charge on any atom is -0.285 e. The lowest BCUT2D eigenvalue weighted by Crippen LogP contribution is -2.41. The van der Waals surface area contributed by atoms with Crippen molar-refractivity contribution in [2.75, 3.05) is 6.54 Å². The molecule has 5 nitrogen and oxygen atoms in total. The van der Waals surface area contributed by atoms with Gasteiger partial charge in [-0.3, -0.25) is 5.21 Å². The molecule has 0 aliphatic rings. The molecular weight excluding hydrogens is 194 g/mol. The van der Waals surface area contributed by atoms with E-state index >= 15 is 0 Å². The van der Waals surface area contributed by atoms with Gasteiger partial charge in [-0.1, -0.05) is 5.11 Å². The van der Waals surface area contributed by atoms with Gasteiger partial charge in [0.15, 0.2) is 0 Å². The average Bonchev–Trinajstić information content (AvgIpc) is 2.15. The molecule has 1 aromatic rings. The third kappa shape index (κ3) is 2.08. The van der Waals surface area contributed by atoms with Crippen LogP contribution in [0.5, 0.6) is 0 Å². The normalized spacial score (nSPS) is 10.7. The summed E-state index contributed by atoms with van der Waals surface area (Å²) in [5.74, 6) is -3.37. The number of hydrogen-bond acceptors (Lipinski definition) is 2. The van der Waals surface area contributed by atoms with Crippen LogP contribution in [0.4, 0.5) is 8.78 Å². The van der Waals surface area contributed by atoms with E-state index in [2.05, 4.69) is 10.0 Å². The highest BCUT2D eigenvalue weighted by Gasteiger charge is 2.40. The number of alkyl halides is 2. The molecule has 0 aliphatic heterocycles. The van der Waals surface area contributed by atoms with E-state index in [1.165, 1.54) is 12.1 Å². The first-order valence-electron chi connectivity index (χ1n) is 3.67. The van der Waals surface area contributed by atoms with Crippen LogP contribution >= 0.6 is 0 Å². The molecule has 0 amide bonds. The fourth-order valence-corrected chi connectivity index (χ4v) is 0.926. The minimum absolute atomic E-state index is 0.299. The molecule has 0 spiro atoms. The SMILES string of the molecule is [N-]=[N+]=NCC(F)(F)c1cccc[n+]1O. The molecule has 74 valence electrons. The summed E-state index contributed by atoms with van der Waals surface area (Å²) >= 11 is 0. The largest absolute Gasteiger partial charge is 0.340 e. The van der Waals surface area contributed by atoms with Gasteiger partial charge in [-0.05, 0) is 11.6 Å². The first kappa shape index (κ1) is 10.2. The Hall–Kier alpha value is -1.88. The van der Waals surface area contributed by atoms with Crippen LogP contribution in [0.15, 0.2) is 29.5 Å². The summed E-state index contributed by atoms with van der Waals surface area (Å²) in [5, 5.41) is 11.8. The molecule has 0 unspecified atom stereocenters. The van der Waals surface area contributed by atoms with Crippen LogP contribution in [0.25, 0.3) is 10.4 Å². The number of aromatic nitrogens is 1. The Bertz CT molecular complexity index is 376. The monoisotopic (exact) mass is 201 g/mol. The molecule has 1 heterocycles. The number of nitrogens with zero attached hydrogens (tertiary/aromatic N) is 4. The second kappa shape index (κ2) is 3.89. The van der Waals surface area contributed by atoms with Crippen LogP contribution in [0.2, 0.25) is 0 Å². The maximum atomic E-state index is 13.2. The summed E-state index contributed by atoms with van der Waals surface area (Å²) in [4.78, 5) is 2.23. The van der Waals surface area contributed by atoms with Gasteiger partial charge < -0.3 is 0 Å². The van der Waals surface area contributed by atoms with Gasteiger partial charge in [0.2, 0.25) is 6.20 Å². The molecule has 0 radical (unpaired) electrons. The van der Waals surface area contributed by atoms with Crippen molar-refractivity contribution in [3.05, 3.63) is 40.5 Å². The van der Waals surface area contributed by atoms with Crippen LogP contribution in [0.1, 0.15) is 5.69 Å². The Balaban J connectivity index is 3.02. The Morgan fingerprint density at radius 3 is 2.86 bits per heavy atom. The van der Waals surface area contributed by atoms with E-state index in [9.17, 15) is 8.78 Å². The molecule has 14 heavy (non-hydrogen) atoms. The van der Waals surface area contributed by atoms with Crippen LogP contribution in [-0.4, -0.2) is 11.8 Å². The first-order chi connectivity index (χ1) is 6.58. The number of azide groups is 1. The van der Waals surface area contributed by atoms with E-state index in [4.69, 9.17) is 10.7 Å². The van der Waals surface area contributed by atoms with Crippen molar-refractivity contribution < 1.29 is 18.7 Å². The Kier molecular flexibility index (Phi) is 2.83. The van der Waals surface area contributed by atoms with Crippen molar-refractivity contribution in [1.82, 2.24) is 0 Å². The van der Waals surface area contributed by atoms with Gasteiger partial charge in [-0.15, -0.1) is 0 Å². The highest BCUT2D eigenvalue weighted by molar-refractivity contribution is 5.04. The van der Waals surface area contributed by atoms with Crippen molar-refractivity contribution >= 4 is 0 Å². The molecular formula is C7H7F2N4O+. The number of rotatable bonds is 3. The van der Waals surface area contributed by atoms with E-state index < -0.39 is 18.2 Å².